The van der Waals surface area contributed by atoms with E-state index in [1.165, 1.54) is 26.8 Å². The summed E-state index contributed by atoms with van der Waals surface area (Å²) in [5.74, 6) is 0. The maximum atomic E-state index is 12.9. The summed E-state index contributed by atoms with van der Waals surface area (Å²) < 4.78 is 54.3. The molecule has 6 nitrogen and oxygen atoms in total. The smallest absolute Gasteiger partial charge is 0.207 e. The molecule has 2 aliphatic heterocycles. The van der Waals surface area contributed by atoms with E-state index in [1.807, 2.05) is 0 Å². The van der Waals surface area contributed by atoms with Crippen LogP contribution in [0.1, 0.15) is 38.5 Å². The van der Waals surface area contributed by atoms with Gasteiger partial charge in [-0.3, -0.25) is 0 Å². The van der Waals surface area contributed by atoms with Crippen molar-refractivity contribution >= 4 is 31.6 Å². The van der Waals surface area contributed by atoms with Crippen LogP contribution in [0.3, 0.4) is 0 Å². The maximum absolute atomic E-state index is 12.9. The van der Waals surface area contributed by atoms with E-state index in [-0.39, 0.29) is 14.8 Å². The van der Waals surface area contributed by atoms with E-state index >= 15 is 0 Å². The fourth-order valence-electron chi connectivity index (χ4n) is 3.34. The van der Waals surface area contributed by atoms with E-state index in [0.29, 0.717) is 26.2 Å². The van der Waals surface area contributed by atoms with Gasteiger partial charge in [-0.15, -0.1) is 0 Å². The van der Waals surface area contributed by atoms with Crippen molar-refractivity contribution < 1.29 is 16.8 Å². The van der Waals surface area contributed by atoms with Crippen molar-refractivity contribution in [1.82, 2.24) is 8.61 Å². The SMILES string of the molecule is O=S(=O)(c1ccc(Cl)c(S(=O)(=O)N2CCCCC2)c1)N1CCCCC1. The fraction of sp³-hybridized carbons (Fsp3) is 0.625. The highest BCUT2D eigenvalue weighted by Crippen LogP contribution is 2.30. The van der Waals surface area contributed by atoms with Crippen molar-refractivity contribution in [1.29, 1.82) is 0 Å². The zero-order chi connectivity index (χ0) is 18.1. The number of hydrogen-bond acceptors (Lipinski definition) is 4. The first-order valence-corrected chi connectivity index (χ1v) is 11.9. The van der Waals surface area contributed by atoms with Crippen LogP contribution in [-0.2, 0) is 20.0 Å². The van der Waals surface area contributed by atoms with Crippen LogP contribution in [0.5, 0.6) is 0 Å². The Bertz CT molecular complexity index is 828. The lowest BCUT2D eigenvalue weighted by atomic mass is 10.2. The molecule has 1 aromatic carbocycles. The largest absolute Gasteiger partial charge is 0.244 e. The molecule has 0 saturated carbocycles. The summed E-state index contributed by atoms with van der Waals surface area (Å²) in [4.78, 5) is -0.122. The summed E-state index contributed by atoms with van der Waals surface area (Å²) in [6, 6.07) is 3.98. The number of hydrogen-bond donors (Lipinski definition) is 0. The van der Waals surface area contributed by atoms with Crippen LogP contribution >= 0.6 is 11.6 Å². The van der Waals surface area contributed by atoms with Gasteiger partial charge in [0, 0.05) is 26.2 Å². The lowest BCUT2D eigenvalue weighted by Crippen LogP contribution is -2.37. The van der Waals surface area contributed by atoms with Crippen LogP contribution in [0.2, 0.25) is 5.02 Å². The summed E-state index contributed by atoms with van der Waals surface area (Å²) >= 11 is 6.12. The second-order valence-corrected chi connectivity index (χ2v) is 10.8. The van der Waals surface area contributed by atoms with E-state index < -0.39 is 20.0 Å². The highest BCUT2D eigenvalue weighted by Gasteiger charge is 2.31. The number of halogens is 1. The Kier molecular flexibility index (Phi) is 5.75. The van der Waals surface area contributed by atoms with Crippen LogP contribution in [0.4, 0.5) is 0 Å². The van der Waals surface area contributed by atoms with Gasteiger partial charge >= 0.3 is 0 Å². The minimum absolute atomic E-state index is 0.00520. The molecule has 0 N–H and O–H groups in total. The van der Waals surface area contributed by atoms with Crippen molar-refractivity contribution in [3.63, 3.8) is 0 Å². The third-order valence-corrected chi connectivity index (χ3v) is 9.06. The van der Waals surface area contributed by atoms with Gasteiger partial charge in [-0.25, -0.2) is 16.8 Å². The Morgan fingerprint density at radius 1 is 0.720 bits per heavy atom. The predicted molar refractivity (Wildman–Crippen MR) is 96.7 cm³/mol. The molecule has 0 unspecified atom stereocenters. The molecule has 1 aromatic rings. The van der Waals surface area contributed by atoms with E-state index in [2.05, 4.69) is 0 Å². The van der Waals surface area contributed by atoms with E-state index in [4.69, 9.17) is 11.6 Å². The average Bonchev–Trinajstić information content (AvgIpc) is 2.63. The predicted octanol–water partition coefficient (Wildman–Crippen LogP) is 2.69. The van der Waals surface area contributed by atoms with Gasteiger partial charge in [-0.2, -0.15) is 8.61 Å². The molecule has 0 aromatic heterocycles. The van der Waals surface area contributed by atoms with Gasteiger partial charge in [0.1, 0.15) is 4.90 Å². The summed E-state index contributed by atoms with van der Waals surface area (Å²) in [6.07, 6.45) is 5.28. The number of nitrogens with zero attached hydrogens (tertiary/aromatic N) is 2. The second kappa shape index (κ2) is 7.52. The van der Waals surface area contributed by atoms with Gasteiger partial charge in [0.15, 0.2) is 0 Å². The van der Waals surface area contributed by atoms with E-state index in [9.17, 15) is 16.8 Å². The molecule has 0 bridgehead atoms. The molecule has 2 fully saturated rings. The Balaban J connectivity index is 1.98. The number of sulfonamides is 2. The first-order valence-electron chi connectivity index (χ1n) is 8.63. The fourth-order valence-corrected chi connectivity index (χ4v) is 6.98. The highest BCUT2D eigenvalue weighted by atomic mass is 35.5. The standard InChI is InChI=1S/C16H23ClN2O4S2/c17-15-8-7-14(24(20,21)18-9-3-1-4-10-18)13-16(15)25(22,23)19-11-5-2-6-12-19/h7-8,13H,1-6,9-12H2. The van der Waals surface area contributed by atoms with E-state index in [1.54, 1.807) is 0 Å². The molecular weight excluding hydrogens is 384 g/mol. The normalized spacial score (nSPS) is 21.3. The number of benzene rings is 1. The zero-order valence-corrected chi connectivity index (χ0v) is 16.4. The molecule has 25 heavy (non-hydrogen) atoms. The molecule has 3 rings (SSSR count). The topological polar surface area (TPSA) is 74.8 Å². The molecule has 0 spiro atoms. The van der Waals surface area contributed by atoms with Gasteiger partial charge < -0.3 is 0 Å². The first-order chi connectivity index (χ1) is 11.8. The third kappa shape index (κ3) is 3.88. The van der Waals surface area contributed by atoms with Gasteiger partial charge in [0.05, 0.1) is 9.92 Å². The van der Waals surface area contributed by atoms with Crippen molar-refractivity contribution in [2.45, 2.75) is 48.3 Å². The Hall–Kier alpha value is -0.670. The van der Waals surface area contributed by atoms with Crippen LogP contribution in [0.15, 0.2) is 28.0 Å². The van der Waals surface area contributed by atoms with Crippen molar-refractivity contribution in [2.75, 3.05) is 26.2 Å². The number of piperidine rings is 2. The van der Waals surface area contributed by atoms with Gasteiger partial charge in [-0.05, 0) is 43.9 Å². The molecule has 0 aliphatic carbocycles. The Morgan fingerprint density at radius 3 is 1.72 bits per heavy atom. The Labute approximate surface area is 154 Å². The van der Waals surface area contributed by atoms with E-state index in [0.717, 1.165) is 38.5 Å². The second-order valence-electron chi connectivity index (χ2n) is 6.52. The van der Waals surface area contributed by atoms with Crippen LogP contribution in [0.25, 0.3) is 0 Å². The minimum Gasteiger partial charge on any atom is -0.207 e. The lowest BCUT2D eigenvalue weighted by Gasteiger charge is -2.28. The van der Waals surface area contributed by atoms with Gasteiger partial charge in [0.25, 0.3) is 0 Å². The summed E-state index contributed by atoms with van der Waals surface area (Å²) in [7, 11) is -7.49. The van der Waals surface area contributed by atoms with Crippen LogP contribution < -0.4 is 0 Å². The summed E-state index contributed by atoms with van der Waals surface area (Å²) in [5.41, 5.74) is 0. The summed E-state index contributed by atoms with van der Waals surface area (Å²) in [5, 5.41) is 0.0585. The van der Waals surface area contributed by atoms with Crippen molar-refractivity contribution in [3.05, 3.63) is 23.2 Å². The molecule has 2 aliphatic rings. The molecule has 0 radical (unpaired) electrons. The molecular formula is C16H23ClN2O4S2. The quantitative estimate of drug-likeness (QED) is 0.770. The Morgan fingerprint density at radius 2 is 1.20 bits per heavy atom. The van der Waals surface area contributed by atoms with Gasteiger partial charge in [-0.1, -0.05) is 24.4 Å². The van der Waals surface area contributed by atoms with Crippen LogP contribution in [-0.4, -0.2) is 51.6 Å². The zero-order valence-electron chi connectivity index (χ0n) is 14.0. The molecule has 9 heteroatoms. The third-order valence-electron chi connectivity index (χ3n) is 4.79. The molecule has 2 heterocycles. The molecule has 0 atom stereocenters. The van der Waals surface area contributed by atoms with Crippen molar-refractivity contribution in [3.8, 4) is 0 Å². The highest BCUT2D eigenvalue weighted by molar-refractivity contribution is 7.90. The monoisotopic (exact) mass is 406 g/mol. The number of rotatable bonds is 4. The van der Waals surface area contributed by atoms with Crippen molar-refractivity contribution in [2.24, 2.45) is 0 Å². The summed E-state index contributed by atoms with van der Waals surface area (Å²) in [6.45, 7) is 1.84. The maximum Gasteiger partial charge on any atom is 0.244 e. The minimum atomic E-state index is -3.79. The molecule has 140 valence electrons. The lowest BCUT2D eigenvalue weighted by molar-refractivity contribution is 0.345. The average molecular weight is 407 g/mol. The first kappa shape index (κ1) is 19.1. The van der Waals surface area contributed by atoms with Crippen LogP contribution in [0, 0.1) is 0 Å². The molecule has 2 saturated heterocycles. The van der Waals surface area contributed by atoms with Gasteiger partial charge in [0.2, 0.25) is 20.0 Å². The molecule has 0 amide bonds.